The van der Waals surface area contributed by atoms with Crippen LogP contribution in [-0.2, 0) is 9.84 Å². The molecule has 0 saturated heterocycles. The van der Waals surface area contributed by atoms with Gasteiger partial charge >= 0.3 is 0 Å². The molecule has 0 aliphatic carbocycles. The van der Waals surface area contributed by atoms with Gasteiger partial charge in [0.15, 0.2) is 9.84 Å². The second-order valence-corrected chi connectivity index (χ2v) is 7.80. The number of amides is 1. The van der Waals surface area contributed by atoms with Crippen LogP contribution < -0.4 is 5.73 Å². The zero-order chi connectivity index (χ0) is 18.2. The molecule has 1 aromatic heterocycles. The molecule has 3 rings (SSSR count). The highest BCUT2D eigenvalue weighted by molar-refractivity contribution is 7.90. The number of benzene rings is 2. The van der Waals surface area contributed by atoms with E-state index in [1.165, 1.54) is 6.26 Å². The number of aryl methyl sites for hydroxylation is 1. The molecule has 6 nitrogen and oxygen atoms in total. The third-order valence-electron chi connectivity index (χ3n) is 3.93. The molecule has 0 unspecified atom stereocenters. The summed E-state index contributed by atoms with van der Waals surface area (Å²) in [5, 5.41) is 0. The summed E-state index contributed by atoms with van der Waals surface area (Å²) in [6.07, 6.45) is 4.60. The van der Waals surface area contributed by atoms with Crippen molar-refractivity contribution in [1.29, 1.82) is 0 Å². The zero-order valence-corrected chi connectivity index (χ0v) is 14.6. The second-order valence-electron chi connectivity index (χ2n) is 5.78. The van der Waals surface area contributed by atoms with Crippen molar-refractivity contribution in [2.45, 2.75) is 11.8 Å². The highest BCUT2D eigenvalue weighted by Gasteiger charge is 2.13. The maximum Gasteiger partial charge on any atom is 0.248 e. The number of sulfone groups is 1. The predicted octanol–water partition coefficient (Wildman–Crippen LogP) is 2.35. The van der Waals surface area contributed by atoms with Gasteiger partial charge in [-0.2, -0.15) is 0 Å². The van der Waals surface area contributed by atoms with Gasteiger partial charge in [0.1, 0.15) is 5.82 Å². The van der Waals surface area contributed by atoms with Gasteiger partial charge in [-0.15, -0.1) is 0 Å². The number of imidazole rings is 1. The molecular weight excluding hydrogens is 338 g/mol. The van der Waals surface area contributed by atoms with E-state index < -0.39 is 15.7 Å². The number of aromatic nitrogens is 2. The van der Waals surface area contributed by atoms with E-state index in [4.69, 9.17) is 5.73 Å². The van der Waals surface area contributed by atoms with Gasteiger partial charge in [-0.25, -0.2) is 13.4 Å². The lowest BCUT2D eigenvalue weighted by molar-refractivity contribution is 0.1000. The SMILES string of the molecule is Cc1ccc(C(N)=O)cc1-n1ccnc1-c1ccc(S(C)(=O)=O)cc1. The minimum Gasteiger partial charge on any atom is -0.366 e. The van der Waals surface area contributed by atoms with Crippen molar-refractivity contribution in [3.63, 3.8) is 0 Å². The average molecular weight is 355 g/mol. The summed E-state index contributed by atoms with van der Waals surface area (Å²) in [5.74, 6) is 0.144. The van der Waals surface area contributed by atoms with Gasteiger partial charge in [0, 0.05) is 29.8 Å². The molecule has 0 aliphatic heterocycles. The first-order valence-electron chi connectivity index (χ1n) is 7.52. The number of primary amides is 1. The Hall–Kier alpha value is -2.93. The third-order valence-corrected chi connectivity index (χ3v) is 5.06. The van der Waals surface area contributed by atoms with Crippen LogP contribution in [0.1, 0.15) is 15.9 Å². The van der Waals surface area contributed by atoms with Gasteiger partial charge in [-0.05, 0) is 48.9 Å². The van der Waals surface area contributed by atoms with Crippen molar-refractivity contribution in [2.75, 3.05) is 6.26 Å². The predicted molar refractivity (Wildman–Crippen MR) is 95.4 cm³/mol. The van der Waals surface area contributed by atoms with E-state index >= 15 is 0 Å². The van der Waals surface area contributed by atoms with E-state index in [9.17, 15) is 13.2 Å². The normalized spacial score (nSPS) is 11.4. The first-order chi connectivity index (χ1) is 11.8. The first kappa shape index (κ1) is 16.9. The van der Waals surface area contributed by atoms with Gasteiger partial charge in [0.2, 0.25) is 5.91 Å². The second kappa shape index (κ2) is 6.18. The van der Waals surface area contributed by atoms with Gasteiger partial charge < -0.3 is 5.73 Å². The molecule has 0 fully saturated rings. The van der Waals surface area contributed by atoms with E-state index in [-0.39, 0.29) is 4.90 Å². The Kier molecular flexibility index (Phi) is 4.18. The molecule has 25 heavy (non-hydrogen) atoms. The molecule has 0 saturated carbocycles. The van der Waals surface area contributed by atoms with Crippen molar-refractivity contribution in [3.05, 3.63) is 66.0 Å². The van der Waals surface area contributed by atoms with Crippen LogP contribution in [0.3, 0.4) is 0 Å². The van der Waals surface area contributed by atoms with Gasteiger partial charge in [-0.3, -0.25) is 9.36 Å². The summed E-state index contributed by atoms with van der Waals surface area (Å²) >= 11 is 0. The number of carbonyl (C=O) groups is 1. The van der Waals surface area contributed by atoms with Crippen LogP contribution in [-0.4, -0.2) is 30.1 Å². The molecule has 3 aromatic rings. The van der Waals surface area contributed by atoms with E-state index in [0.717, 1.165) is 16.8 Å². The fourth-order valence-corrected chi connectivity index (χ4v) is 3.22. The standard InChI is InChI=1S/C18H17N3O3S/c1-12-3-4-14(17(19)22)11-16(12)21-10-9-20-18(21)13-5-7-15(8-6-13)25(2,23)24/h3-11H,1-2H3,(H2,19,22). The van der Waals surface area contributed by atoms with Crippen LogP contribution in [0.5, 0.6) is 0 Å². The molecule has 0 spiro atoms. The quantitative estimate of drug-likeness (QED) is 0.777. The molecule has 2 aromatic carbocycles. The molecule has 1 amide bonds. The lowest BCUT2D eigenvalue weighted by atomic mass is 10.1. The Bertz CT molecular complexity index is 1050. The highest BCUT2D eigenvalue weighted by atomic mass is 32.2. The molecule has 0 radical (unpaired) electrons. The van der Waals surface area contributed by atoms with Crippen molar-refractivity contribution in [3.8, 4) is 17.1 Å². The van der Waals surface area contributed by atoms with E-state index in [0.29, 0.717) is 11.4 Å². The summed E-state index contributed by atoms with van der Waals surface area (Å²) in [7, 11) is -3.25. The lowest BCUT2D eigenvalue weighted by Gasteiger charge is -2.12. The number of rotatable bonds is 4. The Morgan fingerprint density at radius 3 is 2.40 bits per heavy atom. The Morgan fingerprint density at radius 1 is 1.12 bits per heavy atom. The number of hydrogen-bond acceptors (Lipinski definition) is 4. The van der Waals surface area contributed by atoms with Crippen molar-refractivity contribution >= 4 is 15.7 Å². The number of nitrogens with two attached hydrogens (primary N) is 1. The van der Waals surface area contributed by atoms with Crippen LogP contribution >= 0.6 is 0 Å². The van der Waals surface area contributed by atoms with Crippen molar-refractivity contribution in [1.82, 2.24) is 9.55 Å². The Labute approximate surface area is 145 Å². The van der Waals surface area contributed by atoms with E-state index in [2.05, 4.69) is 4.98 Å². The minimum absolute atomic E-state index is 0.251. The summed E-state index contributed by atoms with van der Waals surface area (Å²) in [6, 6.07) is 11.7. The summed E-state index contributed by atoms with van der Waals surface area (Å²) < 4.78 is 25.0. The van der Waals surface area contributed by atoms with Gasteiger partial charge in [0.25, 0.3) is 0 Å². The van der Waals surface area contributed by atoms with Crippen LogP contribution in [0, 0.1) is 6.92 Å². The fourth-order valence-electron chi connectivity index (χ4n) is 2.58. The lowest BCUT2D eigenvalue weighted by Crippen LogP contribution is -2.12. The third kappa shape index (κ3) is 3.32. The minimum atomic E-state index is -3.25. The molecule has 0 aliphatic rings. The average Bonchev–Trinajstić information content (AvgIpc) is 3.03. The summed E-state index contributed by atoms with van der Waals surface area (Å²) in [6.45, 7) is 1.93. The zero-order valence-electron chi connectivity index (χ0n) is 13.8. The summed E-state index contributed by atoms with van der Waals surface area (Å²) in [4.78, 5) is 16.1. The fraction of sp³-hybridized carbons (Fsp3) is 0.111. The van der Waals surface area contributed by atoms with Crippen molar-refractivity contribution in [2.24, 2.45) is 5.73 Å². The monoisotopic (exact) mass is 355 g/mol. The first-order valence-corrected chi connectivity index (χ1v) is 9.41. The molecule has 128 valence electrons. The molecule has 7 heteroatoms. The van der Waals surface area contributed by atoms with Crippen LogP contribution in [0.2, 0.25) is 0 Å². The molecular formula is C18H17N3O3S. The largest absolute Gasteiger partial charge is 0.366 e. The molecule has 2 N–H and O–H groups in total. The van der Waals surface area contributed by atoms with Crippen molar-refractivity contribution < 1.29 is 13.2 Å². The Morgan fingerprint density at radius 2 is 1.80 bits per heavy atom. The number of carbonyl (C=O) groups excluding carboxylic acids is 1. The van der Waals surface area contributed by atoms with Crippen LogP contribution in [0.15, 0.2) is 59.8 Å². The maximum absolute atomic E-state index is 11.6. The molecule has 1 heterocycles. The van der Waals surface area contributed by atoms with Crippen LogP contribution in [0.25, 0.3) is 17.1 Å². The van der Waals surface area contributed by atoms with Gasteiger partial charge in [-0.1, -0.05) is 6.07 Å². The van der Waals surface area contributed by atoms with Gasteiger partial charge in [0.05, 0.1) is 10.6 Å². The van der Waals surface area contributed by atoms with E-state index in [1.807, 2.05) is 17.6 Å². The summed E-state index contributed by atoms with van der Waals surface area (Å²) in [5.41, 5.74) is 8.29. The topological polar surface area (TPSA) is 95.1 Å². The number of nitrogens with zero attached hydrogens (tertiary/aromatic N) is 2. The van der Waals surface area contributed by atoms with Crippen LogP contribution in [0.4, 0.5) is 0 Å². The molecule has 0 bridgehead atoms. The highest BCUT2D eigenvalue weighted by Crippen LogP contribution is 2.25. The smallest absolute Gasteiger partial charge is 0.248 e. The maximum atomic E-state index is 11.6. The molecule has 0 atom stereocenters. The van der Waals surface area contributed by atoms with E-state index in [1.54, 1.807) is 48.8 Å². The number of hydrogen-bond donors (Lipinski definition) is 1. The Balaban J connectivity index is 2.10.